The van der Waals surface area contributed by atoms with Gasteiger partial charge in [-0.2, -0.15) is 0 Å². The van der Waals surface area contributed by atoms with Crippen molar-refractivity contribution in [1.29, 1.82) is 0 Å². The number of nitrogens with one attached hydrogen (secondary N) is 1. The van der Waals surface area contributed by atoms with Crippen molar-refractivity contribution in [3.05, 3.63) is 59.3 Å². The first-order valence-electron chi connectivity index (χ1n) is 7.47. The van der Waals surface area contributed by atoms with Gasteiger partial charge in [-0.3, -0.25) is 9.88 Å². The van der Waals surface area contributed by atoms with E-state index < -0.39 is 0 Å². The molecule has 1 N–H and O–H groups in total. The lowest BCUT2D eigenvalue weighted by Crippen LogP contribution is -2.26. The SMILES string of the molecule is C=CCN(CC=C)CCCNc1ccnc2cc(I)ccc12. The Balaban J connectivity index is 1.92. The van der Waals surface area contributed by atoms with E-state index >= 15 is 0 Å². The molecule has 1 aromatic heterocycles. The number of hydrogen-bond donors (Lipinski definition) is 1. The van der Waals surface area contributed by atoms with Crippen molar-refractivity contribution in [1.82, 2.24) is 9.88 Å². The maximum absolute atomic E-state index is 4.43. The Kier molecular flexibility index (Phi) is 6.86. The lowest BCUT2D eigenvalue weighted by atomic mass is 10.2. The minimum Gasteiger partial charge on any atom is -0.384 e. The molecule has 2 rings (SSSR count). The van der Waals surface area contributed by atoms with Gasteiger partial charge in [-0.15, -0.1) is 13.2 Å². The first kappa shape index (κ1) is 17.0. The highest BCUT2D eigenvalue weighted by Crippen LogP contribution is 2.23. The second-order valence-corrected chi connectivity index (χ2v) is 6.38. The Morgan fingerprint density at radius 2 is 1.95 bits per heavy atom. The van der Waals surface area contributed by atoms with Crippen molar-refractivity contribution in [2.45, 2.75) is 6.42 Å². The van der Waals surface area contributed by atoms with Crippen molar-refractivity contribution in [3.8, 4) is 0 Å². The van der Waals surface area contributed by atoms with Crippen LogP contribution in [0.2, 0.25) is 0 Å². The highest BCUT2D eigenvalue weighted by Gasteiger charge is 2.03. The third-order valence-electron chi connectivity index (χ3n) is 3.45. The van der Waals surface area contributed by atoms with Gasteiger partial charge in [0.2, 0.25) is 0 Å². The maximum atomic E-state index is 4.43. The average Bonchev–Trinajstić information content (AvgIpc) is 2.51. The predicted molar refractivity (Wildman–Crippen MR) is 104 cm³/mol. The molecule has 1 heterocycles. The Morgan fingerprint density at radius 1 is 1.18 bits per heavy atom. The molecule has 0 aliphatic rings. The summed E-state index contributed by atoms with van der Waals surface area (Å²) in [6.07, 6.45) is 6.82. The molecule has 0 radical (unpaired) electrons. The van der Waals surface area contributed by atoms with Crippen LogP contribution in [-0.2, 0) is 0 Å². The monoisotopic (exact) mass is 407 g/mol. The molecule has 4 heteroatoms. The minimum atomic E-state index is 0.905. The number of rotatable bonds is 9. The summed E-state index contributed by atoms with van der Waals surface area (Å²) < 4.78 is 1.21. The van der Waals surface area contributed by atoms with Crippen molar-refractivity contribution >= 4 is 39.2 Å². The lowest BCUT2D eigenvalue weighted by molar-refractivity contribution is 0.334. The first-order chi connectivity index (χ1) is 10.7. The van der Waals surface area contributed by atoms with Gasteiger partial charge in [0.25, 0.3) is 0 Å². The summed E-state index contributed by atoms with van der Waals surface area (Å²) in [7, 11) is 0. The number of halogens is 1. The van der Waals surface area contributed by atoms with Crippen LogP contribution in [-0.4, -0.2) is 36.1 Å². The molecular formula is C18H22IN3. The summed E-state index contributed by atoms with van der Waals surface area (Å²) in [5.41, 5.74) is 2.19. The van der Waals surface area contributed by atoms with Crippen LogP contribution in [0.3, 0.4) is 0 Å². The number of nitrogens with zero attached hydrogens (tertiary/aromatic N) is 2. The zero-order chi connectivity index (χ0) is 15.8. The molecule has 0 atom stereocenters. The summed E-state index contributed by atoms with van der Waals surface area (Å²) in [5, 5.41) is 4.70. The van der Waals surface area contributed by atoms with Crippen LogP contribution in [0.25, 0.3) is 10.9 Å². The molecule has 0 amide bonds. The molecule has 3 nitrogen and oxygen atoms in total. The maximum Gasteiger partial charge on any atom is 0.0733 e. The molecule has 116 valence electrons. The van der Waals surface area contributed by atoms with Crippen LogP contribution in [0.4, 0.5) is 5.69 Å². The normalized spacial score (nSPS) is 10.8. The Labute approximate surface area is 146 Å². The van der Waals surface area contributed by atoms with Crippen LogP contribution in [0.1, 0.15) is 6.42 Å². The summed E-state index contributed by atoms with van der Waals surface area (Å²) in [6, 6.07) is 8.40. The molecule has 0 fully saturated rings. The van der Waals surface area contributed by atoms with Crippen LogP contribution in [0.15, 0.2) is 55.8 Å². The van der Waals surface area contributed by atoms with Gasteiger partial charge in [0, 0.05) is 47.0 Å². The standard InChI is InChI=1S/C18H22IN3/c1-3-11-22(12-4-2)13-5-9-20-17-8-10-21-18-14-15(19)6-7-16(17)18/h3-4,6-8,10,14H,1-2,5,9,11-13H2,(H,20,21). The zero-order valence-electron chi connectivity index (χ0n) is 12.8. The van der Waals surface area contributed by atoms with Gasteiger partial charge in [0.05, 0.1) is 5.52 Å². The van der Waals surface area contributed by atoms with E-state index in [0.29, 0.717) is 0 Å². The van der Waals surface area contributed by atoms with Gasteiger partial charge >= 0.3 is 0 Å². The molecule has 0 saturated carbocycles. The van der Waals surface area contributed by atoms with E-state index in [1.54, 1.807) is 0 Å². The quantitative estimate of drug-likeness (QED) is 0.381. The fourth-order valence-electron chi connectivity index (χ4n) is 2.42. The minimum absolute atomic E-state index is 0.905. The molecule has 22 heavy (non-hydrogen) atoms. The van der Waals surface area contributed by atoms with Crippen LogP contribution in [0.5, 0.6) is 0 Å². The Morgan fingerprint density at radius 3 is 2.68 bits per heavy atom. The van der Waals surface area contributed by atoms with Gasteiger partial charge in [-0.1, -0.05) is 12.2 Å². The fraction of sp³-hybridized carbons (Fsp3) is 0.278. The zero-order valence-corrected chi connectivity index (χ0v) is 14.9. The largest absolute Gasteiger partial charge is 0.384 e. The smallest absolute Gasteiger partial charge is 0.0733 e. The summed E-state index contributed by atoms with van der Waals surface area (Å²) >= 11 is 2.31. The first-order valence-corrected chi connectivity index (χ1v) is 8.54. The average molecular weight is 407 g/mol. The van der Waals surface area contributed by atoms with E-state index in [4.69, 9.17) is 0 Å². The molecule has 0 spiro atoms. The van der Waals surface area contributed by atoms with Gasteiger partial charge in [0.1, 0.15) is 0 Å². The van der Waals surface area contributed by atoms with Crippen LogP contribution < -0.4 is 5.32 Å². The van der Waals surface area contributed by atoms with Crippen LogP contribution in [0, 0.1) is 3.57 Å². The molecule has 0 aliphatic carbocycles. The van der Waals surface area contributed by atoms with Gasteiger partial charge in [0.15, 0.2) is 0 Å². The molecule has 0 aliphatic heterocycles. The van der Waals surface area contributed by atoms with E-state index in [1.165, 1.54) is 8.96 Å². The van der Waals surface area contributed by atoms with Gasteiger partial charge in [-0.25, -0.2) is 0 Å². The lowest BCUT2D eigenvalue weighted by Gasteiger charge is -2.19. The number of anilines is 1. The van der Waals surface area contributed by atoms with Crippen LogP contribution >= 0.6 is 22.6 Å². The predicted octanol–water partition coefficient (Wildman–Crippen LogP) is 4.32. The second-order valence-electron chi connectivity index (χ2n) is 5.14. The number of hydrogen-bond acceptors (Lipinski definition) is 3. The number of benzene rings is 1. The summed E-state index contributed by atoms with van der Waals surface area (Å²) in [6.45, 7) is 11.4. The molecular weight excluding hydrogens is 385 g/mol. The third kappa shape index (κ3) is 4.81. The van der Waals surface area contributed by atoms with Crippen molar-refractivity contribution in [3.63, 3.8) is 0 Å². The summed E-state index contributed by atoms with van der Waals surface area (Å²) in [4.78, 5) is 6.76. The van der Waals surface area contributed by atoms with Crippen molar-refractivity contribution < 1.29 is 0 Å². The van der Waals surface area contributed by atoms with Gasteiger partial charge < -0.3 is 5.32 Å². The van der Waals surface area contributed by atoms with Crippen molar-refractivity contribution in [2.75, 3.05) is 31.5 Å². The highest BCUT2D eigenvalue weighted by molar-refractivity contribution is 14.1. The third-order valence-corrected chi connectivity index (χ3v) is 4.12. The van der Waals surface area contributed by atoms with Gasteiger partial charge in [-0.05, 0) is 53.3 Å². The van der Waals surface area contributed by atoms with E-state index in [-0.39, 0.29) is 0 Å². The highest BCUT2D eigenvalue weighted by atomic mass is 127. The summed E-state index contributed by atoms with van der Waals surface area (Å²) in [5.74, 6) is 0. The van der Waals surface area contributed by atoms with E-state index in [0.717, 1.165) is 43.8 Å². The number of aromatic nitrogens is 1. The number of pyridine rings is 1. The molecule has 2 aromatic rings. The van der Waals surface area contributed by atoms with E-state index in [9.17, 15) is 0 Å². The van der Waals surface area contributed by atoms with E-state index in [1.807, 2.05) is 24.4 Å². The molecule has 0 saturated heterocycles. The number of fused-ring (bicyclic) bond motifs is 1. The fourth-order valence-corrected chi connectivity index (χ4v) is 2.90. The van der Waals surface area contributed by atoms with Crippen molar-refractivity contribution in [2.24, 2.45) is 0 Å². The Bertz CT molecular complexity index is 629. The molecule has 0 bridgehead atoms. The molecule has 1 aromatic carbocycles. The topological polar surface area (TPSA) is 28.2 Å². The van der Waals surface area contributed by atoms with E-state index in [2.05, 4.69) is 69.1 Å². The Hall–Kier alpha value is -1.40. The second kappa shape index (κ2) is 8.90. The molecule has 0 unspecified atom stereocenters.